The molecule has 3 heteroatoms. The van der Waals surface area contributed by atoms with Crippen molar-refractivity contribution in [2.75, 3.05) is 0 Å². The van der Waals surface area contributed by atoms with Crippen LogP contribution in [0.3, 0.4) is 0 Å². The van der Waals surface area contributed by atoms with E-state index in [1.165, 1.54) is 5.56 Å². The summed E-state index contributed by atoms with van der Waals surface area (Å²) in [5, 5.41) is 12.4. The predicted octanol–water partition coefficient (Wildman–Crippen LogP) is 2.03. The number of carbonyl (C=O) groups is 1. The molecule has 2 rings (SSSR count). The van der Waals surface area contributed by atoms with Gasteiger partial charge in [0, 0.05) is 12.6 Å². The molecule has 0 spiro atoms. The molecule has 1 saturated carbocycles. The summed E-state index contributed by atoms with van der Waals surface area (Å²) in [6, 6.07) is 10.2. The van der Waals surface area contributed by atoms with Gasteiger partial charge in [0.05, 0.1) is 5.92 Å². The highest BCUT2D eigenvalue weighted by molar-refractivity contribution is 5.71. The molecule has 1 fully saturated rings. The van der Waals surface area contributed by atoms with E-state index in [0.29, 0.717) is 0 Å². The van der Waals surface area contributed by atoms with Crippen LogP contribution in [0.15, 0.2) is 30.3 Å². The maximum Gasteiger partial charge on any atom is 0.308 e. The third-order valence-corrected chi connectivity index (χ3v) is 3.24. The lowest BCUT2D eigenvalue weighted by molar-refractivity contribution is -0.142. The molecule has 1 aromatic rings. The van der Waals surface area contributed by atoms with Crippen molar-refractivity contribution in [3.63, 3.8) is 0 Å². The summed E-state index contributed by atoms with van der Waals surface area (Å²) < 4.78 is 0. The molecule has 1 aliphatic rings. The highest BCUT2D eigenvalue weighted by Crippen LogP contribution is 2.26. The Hall–Kier alpha value is -1.35. The van der Waals surface area contributed by atoms with Gasteiger partial charge < -0.3 is 10.4 Å². The molecular weight excluding hydrogens is 202 g/mol. The summed E-state index contributed by atoms with van der Waals surface area (Å²) in [5.41, 5.74) is 1.21. The van der Waals surface area contributed by atoms with Crippen molar-refractivity contribution in [2.45, 2.75) is 31.8 Å². The van der Waals surface area contributed by atoms with Crippen LogP contribution < -0.4 is 5.32 Å². The highest BCUT2D eigenvalue weighted by Gasteiger charge is 2.32. The second kappa shape index (κ2) is 5.12. The van der Waals surface area contributed by atoms with E-state index in [4.69, 9.17) is 5.11 Å². The van der Waals surface area contributed by atoms with Crippen LogP contribution in [0.25, 0.3) is 0 Å². The number of benzene rings is 1. The van der Waals surface area contributed by atoms with Crippen molar-refractivity contribution in [2.24, 2.45) is 5.92 Å². The summed E-state index contributed by atoms with van der Waals surface area (Å²) in [4.78, 5) is 11.0. The Morgan fingerprint density at radius 2 is 2.06 bits per heavy atom. The topological polar surface area (TPSA) is 49.3 Å². The van der Waals surface area contributed by atoms with Crippen molar-refractivity contribution in [3.05, 3.63) is 35.9 Å². The maximum atomic E-state index is 11.0. The van der Waals surface area contributed by atoms with E-state index < -0.39 is 5.97 Å². The van der Waals surface area contributed by atoms with E-state index >= 15 is 0 Å². The van der Waals surface area contributed by atoms with Gasteiger partial charge >= 0.3 is 5.97 Å². The van der Waals surface area contributed by atoms with E-state index in [0.717, 1.165) is 25.8 Å². The van der Waals surface area contributed by atoms with E-state index in [9.17, 15) is 4.79 Å². The number of carboxylic acids is 1. The second-order valence-corrected chi connectivity index (χ2v) is 4.35. The van der Waals surface area contributed by atoms with Crippen LogP contribution in [0.4, 0.5) is 0 Å². The van der Waals surface area contributed by atoms with Crippen LogP contribution in [-0.2, 0) is 11.3 Å². The smallest absolute Gasteiger partial charge is 0.308 e. The van der Waals surface area contributed by atoms with E-state index in [-0.39, 0.29) is 12.0 Å². The van der Waals surface area contributed by atoms with Gasteiger partial charge in [-0.15, -0.1) is 0 Å². The average Bonchev–Trinajstić information content (AvgIpc) is 2.76. The molecular formula is C13H17NO2. The van der Waals surface area contributed by atoms with Crippen molar-refractivity contribution < 1.29 is 9.90 Å². The molecule has 16 heavy (non-hydrogen) atoms. The summed E-state index contributed by atoms with van der Waals surface area (Å²) in [7, 11) is 0. The van der Waals surface area contributed by atoms with Gasteiger partial charge in [-0.05, 0) is 18.4 Å². The molecule has 0 heterocycles. The highest BCUT2D eigenvalue weighted by atomic mass is 16.4. The van der Waals surface area contributed by atoms with Gasteiger partial charge in [0.15, 0.2) is 0 Å². The first-order chi connectivity index (χ1) is 7.77. The van der Waals surface area contributed by atoms with Crippen LogP contribution in [0, 0.1) is 5.92 Å². The Morgan fingerprint density at radius 1 is 1.31 bits per heavy atom. The van der Waals surface area contributed by atoms with Crippen LogP contribution in [0.2, 0.25) is 0 Å². The first-order valence-electron chi connectivity index (χ1n) is 5.77. The number of carboxylic acid groups (broad SMARTS) is 1. The molecule has 0 aromatic heterocycles. The minimum Gasteiger partial charge on any atom is -0.481 e. The Kier molecular flexibility index (Phi) is 3.57. The predicted molar refractivity (Wildman–Crippen MR) is 62.0 cm³/mol. The average molecular weight is 219 g/mol. The normalized spacial score (nSPS) is 24.5. The van der Waals surface area contributed by atoms with Crippen molar-refractivity contribution in [1.82, 2.24) is 5.32 Å². The number of hydrogen-bond acceptors (Lipinski definition) is 2. The van der Waals surface area contributed by atoms with Gasteiger partial charge in [0.2, 0.25) is 0 Å². The Labute approximate surface area is 95.5 Å². The zero-order valence-electron chi connectivity index (χ0n) is 9.23. The largest absolute Gasteiger partial charge is 0.481 e. The Balaban J connectivity index is 1.88. The summed E-state index contributed by atoms with van der Waals surface area (Å²) in [5.74, 6) is -0.869. The number of nitrogens with one attached hydrogen (secondary N) is 1. The van der Waals surface area contributed by atoms with E-state index in [2.05, 4.69) is 17.4 Å². The molecule has 1 aromatic carbocycles. The zero-order chi connectivity index (χ0) is 11.4. The van der Waals surface area contributed by atoms with Crippen molar-refractivity contribution in [3.8, 4) is 0 Å². The van der Waals surface area contributed by atoms with Gasteiger partial charge in [-0.3, -0.25) is 4.79 Å². The standard InChI is InChI=1S/C13H17NO2/c15-13(16)11-7-4-8-12(11)14-9-10-5-2-1-3-6-10/h1-3,5-6,11-12,14H,4,7-9H2,(H,15,16)/t11-,12-/m0/s1. The summed E-state index contributed by atoms with van der Waals surface area (Å²) in [6.07, 6.45) is 2.80. The molecule has 0 radical (unpaired) electrons. The molecule has 0 unspecified atom stereocenters. The van der Waals surface area contributed by atoms with Crippen LogP contribution in [0.1, 0.15) is 24.8 Å². The minimum absolute atomic E-state index is 0.137. The van der Waals surface area contributed by atoms with E-state index in [1.54, 1.807) is 0 Å². The zero-order valence-corrected chi connectivity index (χ0v) is 9.23. The molecule has 2 N–H and O–H groups in total. The number of aliphatic carboxylic acids is 1. The lowest BCUT2D eigenvalue weighted by atomic mass is 10.0. The molecule has 0 bridgehead atoms. The minimum atomic E-state index is -0.664. The fraction of sp³-hybridized carbons (Fsp3) is 0.462. The molecule has 0 saturated heterocycles. The van der Waals surface area contributed by atoms with Crippen LogP contribution >= 0.6 is 0 Å². The van der Waals surface area contributed by atoms with Crippen LogP contribution in [-0.4, -0.2) is 17.1 Å². The summed E-state index contributed by atoms with van der Waals surface area (Å²) in [6.45, 7) is 0.759. The lowest BCUT2D eigenvalue weighted by Gasteiger charge is -2.17. The fourth-order valence-corrected chi connectivity index (χ4v) is 2.34. The van der Waals surface area contributed by atoms with Gasteiger partial charge in [-0.25, -0.2) is 0 Å². The molecule has 1 aliphatic carbocycles. The lowest BCUT2D eigenvalue weighted by Crippen LogP contribution is -2.35. The quantitative estimate of drug-likeness (QED) is 0.814. The Bertz CT molecular complexity index is 350. The van der Waals surface area contributed by atoms with Crippen LogP contribution in [0.5, 0.6) is 0 Å². The van der Waals surface area contributed by atoms with Gasteiger partial charge in [0.1, 0.15) is 0 Å². The van der Waals surface area contributed by atoms with Gasteiger partial charge in [-0.2, -0.15) is 0 Å². The third-order valence-electron chi connectivity index (χ3n) is 3.24. The second-order valence-electron chi connectivity index (χ2n) is 4.35. The number of rotatable bonds is 4. The molecule has 2 atom stereocenters. The first kappa shape index (κ1) is 11.1. The first-order valence-corrected chi connectivity index (χ1v) is 5.77. The van der Waals surface area contributed by atoms with E-state index in [1.807, 2.05) is 18.2 Å². The Morgan fingerprint density at radius 3 is 2.75 bits per heavy atom. The van der Waals surface area contributed by atoms with Gasteiger partial charge in [-0.1, -0.05) is 36.8 Å². The maximum absolute atomic E-state index is 11.0. The summed E-state index contributed by atoms with van der Waals surface area (Å²) >= 11 is 0. The molecule has 3 nitrogen and oxygen atoms in total. The van der Waals surface area contributed by atoms with Crippen molar-refractivity contribution in [1.29, 1.82) is 0 Å². The third kappa shape index (κ3) is 2.61. The number of hydrogen-bond donors (Lipinski definition) is 2. The van der Waals surface area contributed by atoms with Gasteiger partial charge in [0.25, 0.3) is 0 Å². The molecule has 0 amide bonds. The SMILES string of the molecule is O=C(O)[C@H]1CCC[C@@H]1NCc1ccccc1. The fourth-order valence-electron chi connectivity index (χ4n) is 2.34. The monoisotopic (exact) mass is 219 g/mol. The molecule has 0 aliphatic heterocycles. The van der Waals surface area contributed by atoms with Crippen molar-refractivity contribution >= 4 is 5.97 Å². The molecule has 86 valence electrons.